The van der Waals surface area contributed by atoms with Gasteiger partial charge in [0.1, 0.15) is 5.75 Å². The first kappa shape index (κ1) is 11.3. The van der Waals surface area contributed by atoms with Gasteiger partial charge in [-0.15, -0.1) is 11.6 Å². The van der Waals surface area contributed by atoms with Gasteiger partial charge in [-0.2, -0.15) is 0 Å². The van der Waals surface area contributed by atoms with E-state index in [0.717, 1.165) is 15.8 Å². The fourth-order valence-electron chi connectivity index (χ4n) is 1.91. The van der Waals surface area contributed by atoms with E-state index in [2.05, 4.69) is 15.9 Å². The van der Waals surface area contributed by atoms with Gasteiger partial charge in [0, 0.05) is 5.88 Å². The molecule has 0 saturated heterocycles. The summed E-state index contributed by atoms with van der Waals surface area (Å²) in [6.45, 7) is 0. The Morgan fingerprint density at radius 2 is 2.07 bits per heavy atom. The van der Waals surface area contributed by atoms with Crippen LogP contribution in [0.1, 0.15) is 31.2 Å². The molecule has 0 bridgehead atoms. The first-order chi connectivity index (χ1) is 7.29. The van der Waals surface area contributed by atoms with Gasteiger partial charge in [-0.25, -0.2) is 0 Å². The van der Waals surface area contributed by atoms with Crippen molar-refractivity contribution in [3.05, 3.63) is 28.2 Å². The minimum Gasteiger partial charge on any atom is -0.489 e. The highest BCUT2D eigenvalue weighted by molar-refractivity contribution is 9.10. The Morgan fingerprint density at radius 1 is 1.33 bits per heavy atom. The first-order valence-electron chi connectivity index (χ1n) is 5.30. The zero-order chi connectivity index (χ0) is 10.7. The Morgan fingerprint density at radius 3 is 2.67 bits per heavy atom. The van der Waals surface area contributed by atoms with Crippen molar-refractivity contribution in [1.82, 2.24) is 0 Å². The van der Waals surface area contributed by atoms with Crippen molar-refractivity contribution < 1.29 is 4.74 Å². The predicted molar refractivity (Wildman–Crippen MR) is 66.6 cm³/mol. The molecule has 1 nitrogen and oxygen atoms in total. The van der Waals surface area contributed by atoms with Crippen LogP contribution < -0.4 is 4.74 Å². The Kier molecular flexibility index (Phi) is 3.92. The number of rotatable bonds is 3. The van der Waals surface area contributed by atoms with Crippen LogP contribution in [0.2, 0.25) is 0 Å². The Labute approximate surface area is 104 Å². The van der Waals surface area contributed by atoms with Crippen LogP contribution in [0.15, 0.2) is 22.7 Å². The van der Waals surface area contributed by atoms with Gasteiger partial charge in [-0.1, -0.05) is 6.07 Å². The minimum atomic E-state index is 0.406. The van der Waals surface area contributed by atoms with Gasteiger partial charge in [-0.3, -0.25) is 0 Å². The lowest BCUT2D eigenvalue weighted by Crippen LogP contribution is -2.11. The number of alkyl halides is 1. The zero-order valence-electron chi connectivity index (χ0n) is 8.51. The van der Waals surface area contributed by atoms with E-state index in [1.165, 1.54) is 25.7 Å². The van der Waals surface area contributed by atoms with Gasteiger partial charge in [-0.05, 0) is 59.3 Å². The quantitative estimate of drug-likeness (QED) is 0.744. The fourth-order valence-corrected chi connectivity index (χ4v) is 2.59. The summed E-state index contributed by atoms with van der Waals surface area (Å²) in [5.74, 6) is 1.48. The van der Waals surface area contributed by atoms with Gasteiger partial charge in [0.05, 0.1) is 10.6 Å². The largest absolute Gasteiger partial charge is 0.489 e. The van der Waals surface area contributed by atoms with E-state index in [4.69, 9.17) is 16.3 Å². The minimum absolute atomic E-state index is 0.406. The molecule has 1 saturated carbocycles. The third kappa shape index (κ3) is 2.88. The highest BCUT2D eigenvalue weighted by Crippen LogP contribution is 2.30. The number of benzene rings is 1. The third-order valence-corrected chi connectivity index (χ3v) is 3.67. The van der Waals surface area contributed by atoms with Gasteiger partial charge in [0.15, 0.2) is 0 Å². The number of hydrogen-bond acceptors (Lipinski definition) is 1. The monoisotopic (exact) mass is 288 g/mol. The van der Waals surface area contributed by atoms with E-state index in [9.17, 15) is 0 Å². The topological polar surface area (TPSA) is 9.23 Å². The van der Waals surface area contributed by atoms with E-state index in [0.29, 0.717) is 12.0 Å². The molecule has 0 atom stereocenters. The maximum absolute atomic E-state index is 5.92. The van der Waals surface area contributed by atoms with Crippen LogP contribution in [0.5, 0.6) is 5.75 Å². The Hall–Kier alpha value is -0.210. The van der Waals surface area contributed by atoms with E-state index in [1.54, 1.807) is 0 Å². The highest BCUT2D eigenvalue weighted by atomic mass is 79.9. The molecule has 0 radical (unpaired) electrons. The van der Waals surface area contributed by atoms with Crippen molar-refractivity contribution in [2.75, 3.05) is 0 Å². The molecule has 0 amide bonds. The first-order valence-corrected chi connectivity index (χ1v) is 6.63. The summed E-state index contributed by atoms with van der Waals surface area (Å²) in [5.41, 5.74) is 1.11. The zero-order valence-corrected chi connectivity index (χ0v) is 10.9. The SMILES string of the molecule is ClCc1ccc(OC2CCCC2)c(Br)c1. The molecule has 1 aliphatic rings. The van der Waals surface area contributed by atoms with E-state index < -0.39 is 0 Å². The predicted octanol–water partition coefficient (Wildman–Crippen LogP) is 4.51. The molecule has 0 N–H and O–H groups in total. The second-order valence-electron chi connectivity index (χ2n) is 3.92. The molecule has 3 heteroatoms. The lowest BCUT2D eigenvalue weighted by Gasteiger charge is -2.14. The van der Waals surface area contributed by atoms with Crippen LogP contribution in [0.4, 0.5) is 0 Å². The summed E-state index contributed by atoms with van der Waals surface area (Å²) in [5, 5.41) is 0. The maximum Gasteiger partial charge on any atom is 0.133 e. The van der Waals surface area contributed by atoms with Crippen molar-refractivity contribution in [1.29, 1.82) is 0 Å². The number of ether oxygens (including phenoxy) is 1. The second kappa shape index (κ2) is 5.22. The lowest BCUT2D eigenvalue weighted by atomic mass is 10.2. The van der Waals surface area contributed by atoms with Gasteiger partial charge in [0.2, 0.25) is 0 Å². The van der Waals surface area contributed by atoms with Crippen LogP contribution in [-0.4, -0.2) is 6.10 Å². The van der Waals surface area contributed by atoms with Crippen molar-refractivity contribution in [3.8, 4) is 5.75 Å². The Balaban J connectivity index is 2.07. The number of hydrogen-bond donors (Lipinski definition) is 0. The molecule has 0 aromatic heterocycles. The molecule has 0 aliphatic heterocycles. The van der Waals surface area contributed by atoms with E-state index in [1.807, 2.05) is 18.2 Å². The normalized spacial score (nSPS) is 16.9. The molecule has 1 aromatic rings. The number of halogens is 2. The molecular weight excluding hydrogens is 275 g/mol. The molecule has 1 fully saturated rings. The molecule has 0 heterocycles. The average molecular weight is 290 g/mol. The summed E-state index contributed by atoms with van der Waals surface area (Å²) < 4.78 is 6.92. The van der Waals surface area contributed by atoms with Crippen LogP contribution >= 0.6 is 27.5 Å². The standard InChI is InChI=1S/C12H14BrClO/c13-11-7-9(8-14)5-6-12(11)15-10-3-1-2-4-10/h5-7,10H,1-4,8H2. The van der Waals surface area contributed by atoms with Crippen LogP contribution in [-0.2, 0) is 5.88 Å². The summed E-state index contributed by atoms with van der Waals surface area (Å²) >= 11 is 9.27. The van der Waals surface area contributed by atoms with Gasteiger partial charge < -0.3 is 4.74 Å². The van der Waals surface area contributed by atoms with Crippen LogP contribution in [0.3, 0.4) is 0 Å². The molecule has 15 heavy (non-hydrogen) atoms. The Bertz CT molecular complexity index is 334. The molecular formula is C12H14BrClO. The molecule has 1 aromatic carbocycles. The molecule has 0 unspecified atom stereocenters. The summed E-state index contributed by atoms with van der Waals surface area (Å²) in [4.78, 5) is 0. The lowest BCUT2D eigenvalue weighted by molar-refractivity contribution is 0.208. The van der Waals surface area contributed by atoms with Crippen molar-refractivity contribution in [2.24, 2.45) is 0 Å². The van der Waals surface area contributed by atoms with Crippen molar-refractivity contribution >= 4 is 27.5 Å². The van der Waals surface area contributed by atoms with Crippen LogP contribution in [0.25, 0.3) is 0 Å². The molecule has 1 aliphatic carbocycles. The molecule has 82 valence electrons. The van der Waals surface area contributed by atoms with Gasteiger partial charge in [0.25, 0.3) is 0 Å². The maximum atomic E-state index is 5.92. The molecule has 2 rings (SSSR count). The van der Waals surface area contributed by atoms with Gasteiger partial charge >= 0.3 is 0 Å². The van der Waals surface area contributed by atoms with Crippen molar-refractivity contribution in [3.63, 3.8) is 0 Å². The fraction of sp³-hybridized carbons (Fsp3) is 0.500. The third-order valence-electron chi connectivity index (χ3n) is 2.75. The summed E-state index contributed by atoms with van der Waals surface area (Å²) in [6.07, 6.45) is 5.36. The molecule has 0 spiro atoms. The summed E-state index contributed by atoms with van der Waals surface area (Å²) in [7, 11) is 0. The average Bonchev–Trinajstić information content (AvgIpc) is 2.74. The van der Waals surface area contributed by atoms with E-state index in [-0.39, 0.29) is 0 Å². The smallest absolute Gasteiger partial charge is 0.133 e. The van der Waals surface area contributed by atoms with Crippen LogP contribution in [0, 0.1) is 0 Å². The second-order valence-corrected chi connectivity index (χ2v) is 5.04. The van der Waals surface area contributed by atoms with Crippen molar-refractivity contribution in [2.45, 2.75) is 37.7 Å². The summed E-state index contributed by atoms with van der Waals surface area (Å²) in [6, 6.07) is 6.04. The highest BCUT2D eigenvalue weighted by Gasteiger charge is 2.17. The van der Waals surface area contributed by atoms with E-state index >= 15 is 0 Å².